The first kappa shape index (κ1) is 9.45. The minimum Gasteiger partial charge on any atom is -0.357 e. The second-order valence-electron chi connectivity index (χ2n) is 2.78. The summed E-state index contributed by atoms with van der Waals surface area (Å²) in [5, 5.41) is 12.0. The molecule has 1 heterocycles. The SMILES string of the molecule is CCCC(CC)Nc1nncs1. The van der Waals surface area contributed by atoms with Crippen molar-refractivity contribution in [1.29, 1.82) is 0 Å². The summed E-state index contributed by atoms with van der Waals surface area (Å²) in [6, 6.07) is 0.558. The fourth-order valence-electron chi connectivity index (χ4n) is 1.14. The molecule has 0 aliphatic carbocycles. The summed E-state index contributed by atoms with van der Waals surface area (Å²) in [6.45, 7) is 4.39. The van der Waals surface area contributed by atoms with Gasteiger partial charge in [0.2, 0.25) is 5.13 Å². The lowest BCUT2D eigenvalue weighted by Crippen LogP contribution is -2.17. The molecule has 0 aliphatic rings. The van der Waals surface area contributed by atoms with E-state index in [4.69, 9.17) is 0 Å². The van der Waals surface area contributed by atoms with Crippen LogP contribution in [0.2, 0.25) is 0 Å². The summed E-state index contributed by atoms with van der Waals surface area (Å²) >= 11 is 1.56. The summed E-state index contributed by atoms with van der Waals surface area (Å²) in [4.78, 5) is 0. The highest BCUT2D eigenvalue weighted by molar-refractivity contribution is 7.13. The molecule has 0 radical (unpaired) electrons. The van der Waals surface area contributed by atoms with Crippen LogP contribution in [0.1, 0.15) is 33.1 Å². The highest BCUT2D eigenvalue weighted by Gasteiger charge is 2.05. The van der Waals surface area contributed by atoms with Crippen LogP contribution in [0.5, 0.6) is 0 Å². The molecule has 0 saturated carbocycles. The maximum Gasteiger partial charge on any atom is 0.205 e. The highest BCUT2D eigenvalue weighted by Crippen LogP contribution is 2.13. The van der Waals surface area contributed by atoms with E-state index in [0.717, 1.165) is 11.6 Å². The number of hydrogen-bond donors (Lipinski definition) is 1. The van der Waals surface area contributed by atoms with E-state index in [9.17, 15) is 0 Å². The summed E-state index contributed by atoms with van der Waals surface area (Å²) < 4.78 is 0. The fraction of sp³-hybridized carbons (Fsp3) is 0.750. The van der Waals surface area contributed by atoms with Crippen LogP contribution in [0, 0.1) is 0 Å². The van der Waals surface area contributed by atoms with Crippen LogP contribution >= 0.6 is 11.3 Å². The molecule has 0 aromatic carbocycles. The van der Waals surface area contributed by atoms with Crippen molar-refractivity contribution in [2.75, 3.05) is 5.32 Å². The Balaban J connectivity index is 2.37. The molecule has 1 rings (SSSR count). The Kier molecular flexibility index (Phi) is 4.00. The first-order valence-corrected chi connectivity index (χ1v) is 5.27. The molecule has 1 unspecified atom stereocenters. The average molecular weight is 185 g/mol. The predicted octanol–water partition coefficient (Wildman–Crippen LogP) is 2.53. The van der Waals surface area contributed by atoms with Crippen molar-refractivity contribution < 1.29 is 0 Å². The maximum atomic E-state index is 3.94. The van der Waals surface area contributed by atoms with Crippen molar-refractivity contribution in [2.45, 2.75) is 39.2 Å². The zero-order chi connectivity index (χ0) is 8.81. The molecular weight excluding hydrogens is 170 g/mol. The van der Waals surface area contributed by atoms with Crippen LogP contribution in [-0.2, 0) is 0 Å². The van der Waals surface area contributed by atoms with E-state index in [2.05, 4.69) is 29.4 Å². The lowest BCUT2D eigenvalue weighted by atomic mass is 10.1. The lowest BCUT2D eigenvalue weighted by Gasteiger charge is -2.13. The number of nitrogens with one attached hydrogen (secondary N) is 1. The molecule has 1 N–H and O–H groups in total. The number of hydrogen-bond acceptors (Lipinski definition) is 4. The van der Waals surface area contributed by atoms with Crippen LogP contribution < -0.4 is 5.32 Å². The van der Waals surface area contributed by atoms with Crippen molar-refractivity contribution >= 4 is 16.5 Å². The Morgan fingerprint density at radius 1 is 1.58 bits per heavy atom. The first-order valence-electron chi connectivity index (χ1n) is 4.39. The van der Waals surface area contributed by atoms with Gasteiger partial charge in [0, 0.05) is 6.04 Å². The van der Waals surface area contributed by atoms with Crippen molar-refractivity contribution in [3.05, 3.63) is 5.51 Å². The molecule has 12 heavy (non-hydrogen) atoms. The van der Waals surface area contributed by atoms with Gasteiger partial charge in [0.25, 0.3) is 0 Å². The second-order valence-corrected chi connectivity index (χ2v) is 3.62. The van der Waals surface area contributed by atoms with Crippen molar-refractivity contribution in [2.24, 2.45) is 0 Å². The van der Waals surface area contributed by atoms with E-state index < -0.39 is 0 Å². The molecule has 1 atom stereocenters. The molecule has 3 nitrogen and oxygen atoms in total. The molecule has 0 spiro atoms. The topological polar surface area (TPSA) is 37.8 Å². The molecule has 0 fully saturated rings. The van der Waals surface area contributed by atoms with E-state index in [1.54, 1.807) is 16.8 Å². The second kappa shape index (κ2) is 5.09. The van der Waals surface area contributed by atoms with Gasteiger partial charge in [-0.2, -0.15) is 0 Å². The first-order chi connectivity index (χ1) is 5.86. The minimum absolute atomic E-state index is 0.558. The van der Waals surface area contributed by atoms with Gasteiger partial charge in [0.15, 0.2) is 0 Å². The van der Waals surface area contributed by atoms with Gasteiger partial charge in [-0.15, -0.1) is 10.2 Å². The lowest BCUT2D eigenvalue weighted by molar-refractivity contribution is 0.621. The zero-order valence-electron chi connectivity index (χ0n) is 7.58. The van der Waals surface area contributed by atoms with E-state index in [1.807, 2.05) is 0 Å². The quantitative estimate of drug-likeness (QED) is 0.766. The highest BCUT2D eigenvalue weighted by atomic mass is 32.1. The fourth-order valence-corrected chi connectivity index (χ4v) is 1.66. The predicted molar refractivity (Wildman–Crippen MR) is 52.5 cm³/mol. The molecule has 0 saturated heterocycles. The van der Waals surface area contributed by atoms with Crippen molar-refractivity contribution in [1.82, 2.24) is 10.2 Å². The van der Waals surface area contributed by atoms with Crippen LogP contribution in [0.4, 0.5) is 5.13 Å². The van der Waals surface area contributed by atoms with Gasteiger partial charge in [-0.1, -0.05) is 31.6 Å². The smallest absolute Gasteiger partial charge is 0.205 e. The van der Waals surface area contributed by atoms with E-state index in [0.29, 0.717) is 6.04 Å². The molecule has 0 bridgehead atoms. The molecule has 0 aliphatic heterocycles. The summed E-state index contributed by atoms with van der Waals surface area (Å²) in [5.74, 6) is 0. The van der Waals surface area contributed by atoms with Crippen LogP contribution in [0.3, 0.4) is 0 Å². The van der Waals surface area contributed by atoms with Gasteiger partial charge in [0.05, 0.1) is 0 Å². The van der Waals surface area contributed by atoms with E-state index in [1.165, 1.54) is 12.8 Å². The number of anilines is 1. The molecular formula is C8H15N3S. The normalized spacial score (nSPS) is 12.8. The summed E-state index contributed by atoms with van der Waals surface area (Å²) in [7, 11) is 0. The third kappa shape index (κ3) is 2.77. The Labute approximate surface area is 77.2 Å². The Morgan fingerprint density at radius 2 is 2.42 bits per heavy atom. The van der Waals surface area contributed by atoms with Crippen LogP contribution in [-0.4, -0.2) is 16.2 Å². The molecule has 4 heteroatoms. The molecule has 0 amide bonds. The van der Waals surface area contributed by atoms with Gasteiger partial charge in [-0.25, -0.2) is 0 Å². The van der Waals surface area contributed by atoms with E-state index in [-0.39, 0.29) is 0 Å². The monoisotopic (exact) mass is 185 g/mol. The average Bonchev–Trinajstić information content (AvgIpc) is 2.56. The standard InChI is InChI=1S/C8H15N3S/c1-3-5-7(4-2)10-8-11-9-6-12-8/h6-7H,3-5H2,1-2H3,(H,10,11). The minimum atomic E-state index is 0.558. The van der Waals surface area contributed by atoms with Crippen LogP contribution in [0.25, 0.3) is 0 Å². The Morgan fingerprint density at radius 3 is 2.92 bits per heavy atom. The van der Waals surface area contributed by atoms with Gasteiger partial charge in [-0.05, 0) is 12.8 Å². The largest absolute Gasteiger partial charge is 0.357 e. The molecule has 68 valence electrons. The summed E-state index contributed by atoms with van der Waals surface area (Å²) in [5.41, 5.74) is 1.75. The van der Waals surface area contributed by atoms with Crippen LogP contribution in [0.15, 0.2) is 5.51 Å². The van der Waals surface area contributed by atoms with Gasteiger partial charge >= 0.3 is 0 Å². The summed E-state index contributed by atoms with van der Waals surface area (Å²) in [6.07, 6.45) is 3.56. The van der Waals surface area contributed by atoms with Gasteiger partial charge in [-0.3, -0.25) is 0 Å². The van der Waals surface area contributed by atoms with Crippen molar-refractivity contribution in [3.63, 3.8) is 0 Å². The number of nitrogens with zero attached hydrogens (tertiary/aromatic N) is 2. The Hall–Kier alpha value is -0.640. The van der Waals surface area contributed by atoms with Crippen molar-refractivity contribution in [3.8, 4) is 0 Å². The third-order valence-corrected chi connectivity index (χ3v) is 2.44. The van der Waals surface area contributed by atoms with Gasteiger partial charge in [0.1, 0.15) is 5.51 Å². The van der Waals surface area contributed by atoms with E-state index >= 15 is 0 Å². The van der Waals surface area contributed by atoms with Gasteiger partial charge < -0.3 is 5.32 Å². The molecule has 1 aromatic heterocycles. The number of aromatic nitrogens is 2. The Bertz CT molecular complexity index is 198. The molecule has 1 aromatic rings. The number of rotatable bonds is 5. The zero-order valence-corrected chi connectivity index (χ0v) is 8.40. The third-order valence-electron chi connectivity index (χ3n) is 1.82. The maximum absolute atomic E-state index is 3.94.